The molecule has 0 fully saturated rings. The molecule has 0 aliphatic rings. The lowest BCUT2D eigenvalue weighted by atomic mass is 9.87. The normalized spacial score (nSPS) is 12.4. The molecule has 0 aliphatic heterocycles. The number of rotatable bonds is 6. The molecule has 0 saturated heterocycles. The minimum Gasteiger partial charge on any atom is -0.481 e. The van der Waals surface area contributed by atoms with E-state index in [2.05, 4.69) is 26.1 Å². The molecule has 0 radical (unpaired) electrons. The lowest BCUT2D eigenvalue weighted by Crippen LogP contribution is -2.30. The van der Waals surface area contributed by atoms with Crippen LogP contribution in [0.2, 0.25) is 0 Å². The van der Waals surface area contributed by atoms with E-state index in [1.165, 1.54) is 5.56 Å². The van der Waals surface area contributed by atoms with Gasteiger partial charge in [0.15, 0.2) is 11.9 Å². The summed E-state index contributed by atoms with van der Waals surface area (Å²) in [7, 11) is 0. The number of hydrogen-bond acceptors (Lipinski definition) is 4. The zero-order valence-corrected chi connectivity index (χ0v) is 20.1. The van der Waals surface area contributed by atoms with E-state index in [0.717, 1.165) is 5.56 Å². The average Bonchev–Trinajstić information content (AvgIpc) is 3.17. The number of para-hydroxylation sites is 1. The Morgan fingerprint density at radius 1 is 0.912 bits per heavy atom. The Kier molecular flexibility index (Phi) is 6.29. The van der Waals surface area contributed by atoms with Gasteiger partial charge < -0.3 is 14.5 Å². The minimum absolute atomic E-state index is 0.0320. The van der Waals surface area contributed by atoms with Crippen LogP contribution in [0, 0.1) is 6.92 Å². The average molecular weight is 456 g/mol. The first-order valence-electron chi connectivity index (χ1n) is 11.3. The molecule has 174 valence electrons. The van der Waals surface area contributed by atoms with Gasteiger partial charge in [0.05, 0.1) is 5.69 Å². The number of carbonyl (C=O) groups is 2. The van der Waals surface area contributed by atoms with Gasteiger partial charge >= 0.3 is 0 Å². The number of anilines is 1. The Morgan fingerprint density at radius 2 is 1.56 bits per heavy atom. The molecular weight excluding hydrogens is 426 g/mol. The zero-order valence-electron chi connectivity index (χ0n) is 20.1. The van der Waals surface area contributed by atoms with Crippen molar-refractivity contribution in [1.29, 1.82) is 0 Å². The molecule has 0 spiro atoms. The molecule has 1 heterocycles. The number of benzene rings is 3. The van der Waals surface area contributed by atoms with E-state index in [-0.39, 0.29) is 22.9 Å². The number of carbonyl (C=O) groups excluding carboxylic acids is 2. The van der Waals surface area contributed by atoms with E-state index >= 15 is 0 Å². The van der Waals surface area contributed by atoms with Crippen LogP contribution in [0.25, 0.3) is 11.0 Å². The summed E-state index contributed by atoms with van der Waals surface area (Å²) in [6.45, 7) is 10.1. The largest absolute Gasteiger partial charge is 0.481 e. The second-order valence-electron chi connectivity index (χ2n) is 9.52. The Hall–Kier alpha value is -3.86. The molecule has 34 heavy (non-hydrogen) atoms. The van der Waals surface area contributed by atoms with Crippen LogP contribution in [-0.2, 0) is 10.2 Å². The molecule has 0 bridgehead atoms. The third kappa shape index (κ3) is 4.88. The van der Waals surface area contributed by atoms with Crippen LogP contribution < -0.4 is 10.1 Å². The maximum atomic E-state index is 13.2. The number of fused-ring (bicyclic) bond motifs is 1. The van der Waals surface area contributed by atoms with Gasteiger partial charge in [0.2, 0.25) is 5.78 Å². The highest BCUT2D eigenvalue weighted by molar-refractivity contribution is 6.17. The number of ether oxygens (including phenoxy) is 1. The highest BCUT2D eigenvalue weighted by atomic mass is 16.5. The summed E-state index contributed by atoms with van der Waals surface area (Å²) in [5.74, 6) is 0.0334. The highest BCUT2D eigenvalue weighted by Gasteiger charge is 2.25. The quantitative estimate of drug-likeness (QED) is 0.330. The second kappa shape index (κ2) is 9.18. The van der Waals surface area contributed by atoms with Crippen molar-refractivity contribution in [3.05, 3.63) is 95.2 Å². The van der Waals surface area contributed by atoms with Crippen molar-refractivity contribution in [3.8, 4) is 5.75 Å². The van der Waals surface area contributed by atoms with Crippen LogP contribution in [0.1, 0.15) is 54.9 Å². The molecule has 1 N–H and O–H groups in total. The summed E-state index contributed by atoms with van der Waals surface area (Å²) < 4.78 is 11.8. The van der Waals surface area contributed by atoms with Crippen molar-refractivity contribution in [2.75, 3.05) is 5.32 Å². The molecule has 5 nitrogen and oxygen atoms in total. The number of ketones is 1. The highest BCUT2D eigenvalue weighted by Crippen LogP contribution is 2.33. The van der Waals surface area contributed by atoms with E-state index in [1.807, 2.05) is 61.5 Å². The maximum absolute atomic E-state index is 13.2. The van der Waals surface area contributed by atoms with Crippen LogP contribution in [0.5, 0.6) is 5.75 Å². The first-order chi connectivity index (χ1) is 16.1. The molecule has 4 aromatic rings. The molecule has 0 saturated carbocycles. The minimum atomic E-state index is -0.781. The summed E-state index contributed by atoms with van der Waals surface area (Å²) in [6.07, 6.45) is -0.781. The number of hydrogen-bond donors (Lipinski definition) is 1. The van der Waals surface area contributed by atoms with E-state index in [9.17, 15) is 9.59 Å². The molecule has 0 aliphatic carbocycles. The van der Waals surface area contributed by atoms with Gasteiger partial charge in [-0.1, -0.05) is 74.9 Å². The fourth-order valence-electron chi connectivity index (χ4n) is 3.68. The van der Waals surface area contributed by atoms with Crippen molar-refractivity contribution in [2.45, 2.75) is 46.1 Å². The third-order valence-electron chi connectivity index (χ3n) is 5.77. The van der Waals surface area contributed by atoms with Crippen LogP contribution in [0.4, 0.5) is 5.69 Å². The molecule has 3 aromatic carbocycles. The molecule has 1 aromatic heterocycles. The van der Waals surface area contributed by atoms with Gasteiger partial charge in [0, 0.05) is 10.9 Å². The predicted molar refractivity (Wildman–Crippen MR) is 135 cm³/mol. The van der Waals surface area contributed by atoms with Crippen LogP contribution in [-0.4, -0.2) is 17.8 Å². The molecule has 0 unspecified atom stereocenters. The summed E-state index contributed by atoms with van der Waals surface area (Å²) >= 11 is 0. The van der Waals surface area contributed by atoms with Gasteiger partial charge in [-0.3, -0.25) is 9.59 Å². The van der Waals surface area contributed by atoms with Crippen molar-refractivity contribution in [1.82, 2.24) is 0 Å². The smallest absolute Gasteiger partial charge is 0.265 e. The van der Waals surface area contributed by atoms with Crippen LogP contribution >= 0.6 is 0 Å². The van der Waals surface area contributed by atoms with Crippen LogP contribution in [0.15, 0.2) is 77.2 Å². The summed E-state index contributed by atoms with van der Waals surface area (Å²) in [5, 5.41) is 3.53. The number of nitrogens with one attached hydrogen (secondary N) is 1. The zero-order chi connectivity index (χ0) is 24.5. The molecule has 1 atom stereocenters. The van der Waals surface area contributed by atoms with Crippen LogP contribution in [0.3, 0.4) is 0 Å². The lowest BCUT2D eigenvalue weighted by Gasteiger charge is -2.20. The molecule has 4 rings (SSSR count). The second-order valence-corrected chi connectivity index (χ2v) is 9.52. The summed E-state index contributed by atoms with van der Waals surface area (Å²) in [4.78, 5) is 26.3. The summed E-state index contributed by atoms with van der Waals surface area (Å²) in [5.41, 5.74) is 3.63. The maximum Gasteiger partial charge on any atom is 0.265 e. The van der Waals surface area contributed by atoms with Gasteiger partial charge in [-0.2, -0.15) is 0 Å². The standard InChI is InChI=1S/C29H29NO4/c1-18-10-12-20(13-11-18)26(31)27-25(23-8-6-7-9-24(23)34-27)30-28(32)19(2)33-22-16-14-21(15-17-22)29(3,4)5/h6-17,19H,1-5H3,(H,30,32)/t19-/m1/s1. The van der Waals surface area contributed by atoms with Gasteiger partial charge in [0.1, 0.15) is 11.3 Å². The van der Waals surface area contributed by atoms with E-state index in [0.29, 0.717) is 28.0 Å². The van der Waals surface area contributed by atoms with Crippen molar-refractivity contribution in [2.24, 2.45) is 0 Å². The lowest BCUT2D eigenvalue weighted by molar-refractivity contribution is -0.122. The number of aryl methyl sites for hydroxylation is 1. The Labute approximate surface area is 199 Å². The van der Waals surface area contributed by atoms with E-state index < -0.39 is 6.10 Å². The first-order valence-corrected chi connectivity index (χ1v) is 11.3. The molecule has 1 amide bonds. The third-order valence-corrected chi connectivity index (χ3v) is 5.77. The van der Waals surface area contributed by atoms with E-state index in [1.54, 1.807) is 25.1 Å². The first kappa shape index (κ1) is 23.3. The summed E-state index contributed by atoms with van der Waals surface area (Å²) in [6, 6.07) is 22.2. The predicted octanol–water partition coefficient (Wildman–Crippen LogP) is 6.68. The Balaban J connectivity index is 1.58. The van der Waals surface area contributed by atoms with Gasteiger partial charge in [-0.25, -0.2) is 0 Å². The monoisotopic (exact) mass is 455 g/mol. The topological polar surface area (TPSA) is 68.5 Å². The van der Waals surface area contributed by atoms with Crippen molar-refractivity contribution in [3.63, 3.8) is 0 Å². The number of furan rings is 1. The fourth-order valence-corrected chi connectivity index (χ4v) is 3.68. The van der Waals surface area contributed by atoms with Gasteiger partial charge in [-0.15, -0.1) is 0 Å². The van der Waals surface area contributed by atoms with Gasteiger partial charge in [-0.05, 0) is 49.1 Å². The Morgan fingerprint density at radius 3 is 2.21 bits per heavy atom. The van der Waals surface area contributed by atoms with E-state index in [4.69, 9.17) is 9.15 Å². The Bertz CT molecular complexity index is 1330. The number of amides is 1. The molecular formula is C29H29NO4. The fraction of sp³-hybridized carbons (Fsp3) is 0.241. The SMILES string of the molecule is Cc1ccc(C(=O)c2oc3ccccc3c2NC(=O)[C@@H](C)Oc2ccc(C(C)(C)C)cc2)cc1. The van der Waals surface area contributed by atoms with Gasteiger partial charge in [0.25, 0.3) is 5.91 Å². The van der Waals surface area contributed by atoms with Crippen molar-refractivity contribution < 1.29 is 18.7 Å². The van der Waals surface area contributed by atoms with Crippen molar-refractivity contribution >= 4 is 28.3 Å². The molecule has 5 heteroatoms.